The number of rotatable bonds is 9. The molecule has 1 aromatic rings. The molecule has 140 valence electrons. The summed E-state index contributed by atoms with van der Waals surface area (Å²) in [7, 11) is -2.25. The minimum absolute atomic E-state index is 0.0136. The Balaban J connectivity index is 2.50. The zero-order valence-electron chi connectivity index (χ0n) is 15.0. The highest BCUT2D eigenvalue weighted by Crippen LogP contribution is 2.11. The topological polar surface area (TPSA) is 102 Å². The lowest BCUT2D eigenvalue weighted by Crippen LogP contribution is -2.36. The molecule has 0 spiro atoms. The number of hydrogen-bond acceptors (Lipinski definition) is 5. The Morgan fingerprint density at radius 3 is 2.20 bits per heavy atom. The summed E-state index contributed by atoms with van der Waals surface area (Å²) in [5.41, 5.74) is 0.177. The number of amides is 1. The van der Waals surface area contributed by atoms with E-state index in [2.05, 4.69) is 23.9 Å². The first-order valence-corrected chi connectivity index (χ1v) is 9.64. The molecule has 0 radical (unpaired) electrons. The van der Waals surface area contributed by atoms with Crippen molar-refractivity contribution >= 4 is 21.9 Å². The first-order chi connectivity index (χ1) is 11.7. The summed E-state index contributed by atoms with van der Waals surface area (Å²) in [6.45, 7) is 5.76. The first kappa shape index (κ1) is 21.1. The monoisotopic (exact) mass is 370 g/mol. The molecular weight excluding hydrogens is 344 g/mol. The van der Waals surface area contributed by atoms with Crippen LogP contribution in [0.3, 0.4) is 0 Å². The summed E-state index contributed by atoms with van der Waals surface area (Å²) in [5, 5.41) is 2.77. The molecule has 2 N–H and O–H groups in total. The molecule has 25 heavy (non-hydrogen) atoms. The molecule has 7 nitrogen and oxygen atoms in total. The van der Waals surface area contributed by atoms with E-state index in [9.17, 15) is 18.0 Å². The molecule has 1 rings (SSSR count). The van der Waals surface area contributed by atoms with Crippen molar-refractivity contribution in [3.63, 3.8) is 0 Å². The molecule has 1 aromatic carbocycles. The summed E-state index contributed by atoms with van der Waals surface area (Å²) in [6.07, 6.45) is 1.86. The Labute approximate surface area is 149 Å². The van der Waals surface area contributed by atoms with Gasteiger partial charge in [-0.15, -0.1) is 0 Å². The molecule has 0 aromatic heterocycles. The van der Waals surface area contributed by atoms with Crippen LogP contribution in [0.2, 0.25) is 0 Å². The second-order valence-electron chi connectivity index (χ2n) is 6.25. The quantitative estimate of drug-likeness (QED) is 0.644. The van der Waals surface area contributed by atoms with Crippen molar-refractivity contribution in [2.45, 2.75) is 44.6 Å². The zero-order valence-corrected chi connectivity index (χ0v) is 15.9. The van der Waals surface area contributed by atoms with Crippen LogP contribution in [0.5, 0.6) is 0 Å². The van der Waals surface area contributed by atoms with Crippen molar-refractivity contribution in [2.24, 2.45) is 5.92 Å². The van der Waals surface area contributed by atoms with Gasteiger partial charge in [0.25, 0.3) is 5.91 Å². The second-order valence-corrected chi connectivity index (χ2v) is 8.13. The van der Waals surface area contributed by atoms with Gasteiger partial charge in [-0.1, -0.05) is 13.8 Å². The van der Waals surface area contributed by atoms with Gasteiger partial charge in [-0.3, -0.25) is 4.79 Å². The standard InChI is InChI=1S/C17H26N2O5S/c1-12(2)5-6-13(3)19-16(20)11-24-17(21)14-7-9-15(10-8-14)25(22,23)18-4/h7-10,12-13,18H,5-6,11H2,1-4H3,(H,19,20). The smallest absolute Gasteiger partial charge is 0.338 e. The number of ether oxygens (including phenoxy) is 1. The summed E-state index contributed by atoms with van der Waals surface area (Å²) in [6, 6.07) is 5.30. The lowest BCUT2D eigenvalue weighted by atomic mass is 10.0. The third kappa shape index (κ3) is 7.23. The molecule has 0 bridgehead atoms. The van der Waals surface area contributed by atoms with Crippen LogP contribution in [-0.2, 0) is 19.6 Å². The highest BCUT2D eigenvalue weighted by molar-refractivity contribution is 7.89. The van der Waals surface area contributed by atoms with Crippen LogP contribution in [0.15, 0.2) is 29.2 Å². The second kappa shape index (κ2) is 9.53. The maximum atomic E-state index is 11.9. The fourth-order valence-electron chi connectivity index (χ4n) is 2.07. The average molecular weight is 370 g/mol. The van der Waals surface area contributed by atoms with Crippen molar-refractivity contribution in [2.75, 3.05) is 13.7 Å². The molecule has 1 atom stereocenters. The number of nitrogens with one attached hydrogen (secondary N) is 2. The van der Waals surface area contributed by atoms with Gasteiger partial charge in [0.05, 0.1) is 10.5 Å². The molecule has 0 fully saturated rings. The lowest BCUT2D eigenvalue weighted by Gasteiger charge is -2.15. The van der Waals surface area contributed by atoms with Gasteiger partial charge >= 0.3 is 5.97 Å². The van der Waals surface area contributed by atoms with Crippen molar-refractivity contribution in [1.82, 2.24) is 10.0 Å². The highest BCUT2D eigenvalue weighted by Gasteiger charge is 2.15. The van der Waals surface area contributed by atoms with Gasteiger partial charge in [0.15, 0.2) is 6.61 Å². The number of benzene rings is 1. The lowest BCUT2D eigenvalue weighted by molar-refractivity contribution is -0.124. The van der Waals surface area contributed by atoms with Crippen LogP contribution in [0.1, 0.15) is 44.0 Å². The van der Waals surface area contributed by atoms with E-state index >= 15 is 0 Å². The number of hydrogen-bond donors (Lipinski definition) is 2. The highest BCUT2D eigenvalue weighted by atomic mass is 32.2. The van der Waals surface area contributed by atoms with Crippen LogP contribution in [-0.4, -0.2) is 40.0 Å². The van der Waals surface area contributed by atoms with Gasteiger partial charge in [-0.2, -0.15) is 0 Å². The normalized spacial score (nSPS) is 12.7. The maximum Gasteiger partial charge on any atom is 0.338 e. The number of sulfonamides is 1. The molecule has 0 saturated heterocycles. The summed E-state index contributed by atoms with van der Waals surface area (Å²) in [4.78, 5) is 23.7. The van der Waals surface area contributed by atoms with E-state index in [1.807, 2.05) is 6.92 Å². The SMILES string of the molecule is CNS(=O)(=O)c1ccc(C(=O)OCC(=O)NC(C)CCC(C)C)cc1. The van der Waals surface area contributed by atoms with Crippen LogP contribution in [0.4, 0.5) is 0 Å². The van der Waals surface area contributed by atoms with E-state index in [0.717, 1.165) is 12.8 Å². The fourth-order valence-corrected chi connectivity index (χ4v) is 2.80. The third-order valence-electron chi connectivity index (χ3n) is 3.59. The van der Waals surface area contributed by atoms with Crippen molar-refractivity contribution < 1.29 is 22.7 Å². The van der Waals surface area contributed by atoms with Gasteiger partial charge in [-0.05, 0) is 57.0 Å². The first-order valence-electron chi connectivity index (χ1n) is 8.15. The van der Waals surface area contributed by atoms with Crippen molar-refractivity contribution in [1.29, 1.82) is 0 Å². The van der Waals surface area contributed by atoms with Gasteiger partial charge < -0.3 is 10.1 Å². The average Bonchev–Trinajstić information content (AvgIpc) is 2.58. The Kier molecular flexibility index (Phi) is 8.05. The minimum atomic E-state index is -3.56. The third-order valence-corrected chi connectivity index (χ3v) is 5.02. The number of carbonyl (C=O) groups is 2. The van der Waals surface area contributed by atoms with Gasteiger partial charge in [0.1, 0.15) is 0 Å². The van der Waals surface area contributed by atoms with Crippen LogP contribution in [0, 0.1) is 5.92 Å². The van der Waals surface area contributed by atoms with E-state index in [1.165, 1.54) is 31.3 Å². The van der Waals surface area contributed by atoms with Crippen molar-refractivity contribution in [3.05, 3.63) is 29.8 Å². The van der Waals surface area contributed by atoms with Crippen LogP contribution >= 0.6 is 0 Å². The molecule has 0 aliphatic rings. The molecule has 0 saturated carbocycles. The fraction of sp³-hybridized carbons (Fsp3) is 0.529. The Hall–Kier alpha value is -1.93. The maximum absolute atomic E-state index is 11.9. The minimum Gasteiger partial charge on any atom is -0.452 e. The van der Waals surface area contributed by atoms with Gasteiger partial charge in [0.2, 0.25) is 10.0 Å². The number of carbonyl (C=O) groups excluding carboxylic acids is 2. The summed E-state index contributed by atoms with van der Waals surface area (Å²) in [5.74, 6) is -0.482. The zero-order chi connectivity index (χ0) is 19.0. The van der Waals surface area contributed by atoms with E-state index in [4.69, 9.17) is 4.74 Å². The molecule has 0 aliphatic heterocycles. The summed E-state index contributed by atoms with van der Waals surface area (Å²) < 4.78 is 30.4. The van der Waals surface area contributed by atoms with E-state index < -0.39 is 16.0 Å². The van der Waals surface area contributed by atoms with Gasteiger partial charge in [-0.25, -0.2) is 17.9 Å². The Bertz CT molecular complexity index is 683. The van der Waals surface area contributed by atoms with Gasteiger partial charge in [0, 0.05) is 6.04 Å². The molecular formula is C17H26N2O5S. The van der Waals surface area contributed by atoms with Crippen molar-refractivity contribution in [3.8, 4) is 0 Å². The predicted molar refractivity (Wildman–Crippen MR) is 94.6 cm³/mol. The molecule has 0 heterocycles. The summed E-state index contributed by atoms with van der Waals surface area (Å²) >= 11 is 0. The predicted octanol–water partition coefficient (Wildman–Crippen LogP) is 1.69. The molecule has 1 unspecified atom stereocenters. The molecule has 8 heteroatoms. The Morgan fingerprint density at radius 2 is 1.68 bits per heavy atom. The van der Waals surface area contributed by atoms with Crippen LogP contribution in [0.25, 0.3) is 0 Å². The molecule has 0 aliphatic carbocycles. The van der Waals surface area contributed by atoms with E-state index in [0.29, 0.717) is 5.92 Å². The number of esters is 1. The Morgan fingerprint density at radius 1 is 1.08 bits per heavy atom. The van der Waals surface area contributed by atoms with E-state index in [-0.39, 0.29) is 29.0 Å². The molecule has 1 amide bonds. The van der Waals surface area contributed by atoms with Crippen LogP contribution < -0.4 is 10.0 Å². The largest absolute Gasteiger partial charge is 0.452 e. The van der Waals surface area contributed by atoms with E-state index in [1.54, 1.807) is 0 Å².